The highest BCUT2D eigenvalue weighted by molar-refractivity contribution is 7.15. The summed E-state index contributed by atoms with van der Waals surface area (Å²) in [5.41, 5.74) is 1.52. The molecule has 0 bridgehead atoms. The van der Waals surface area contributed by atoms with Gasteiger partial charge < -0.3 is 9.15 Å². The minimum Gasteiger partial charge on any atom is -0.457 e. The maximum Gasteiger partial charge on any atom is 0.348 e. The molecule has 0 N–H and O–H groups in total. The molecule has 0 radical (unpaired) electrons. The van der Waals surface area contributed by atoms with Gasteiger partial charge in [0.25, 0.3) is 0 Å². The number of hydrogen-bond donors (Lipinski definition) is 0. The Kier molecular flexibility index (Phi) is 4.31. The van der Waals surface area contributed by atoms with Crippen molar-refractivity contribution in [1.82, 2.24) is 0 Å². The molecule has 0 aliphatic rings. The Labute approximate surface area is 141 Å². The van der Waals surface area contributed by atoms with E-state index in [9.17, 15) is 14.4 Å². The van der Waals surface area contributed by atoms with Crippen molar-refractivity contribution < 1.29 is 18.7 Å². The first kappa shape index (κ1) is 16.1. The molecule has 3 rings (SSSR count). The van der Waals surface area contributed by atoms with E-state index in [0.29, 0.717) is 20.9 Å². The van der Waals surface area contributed by atoms with E-state index < -0.39 is 11.6 Å². The molecule has 2 aromatic heterocycles. The first-order valence-corrected chi connectivity index (χ1v) is 8.07. The molecule has 6 heteroatoms. The van der Waals surface area contributed by atoms with Crippen LogP contribution in [0.4, 0.5) is 0 Å². The van der Waals surface area contributed by atoms with E-state index in [0.717, 1.165) is 22.3 Å². The van der Waals surface area contributed by atoms with Crippen LogP contribution in [0.3, 0.4) is 0 Å². The number of ether oxygens (including phenoxy) is 1. The molecule has 0 saturated carbocycles. The molecule has 0 atom stereocenters. The second kappa shape index (κ2) is 6.41. The van der Waals surface area contributed by atoms with Crippen LogP contribution >= 0.6 is 11.3 Å². The van der Waals surface area contributed by atoms with Crippen LogP contribution in [0.5, 0.6) is 0 Å². The van der Waals surface area contributed by atoms with Crippen LogP contribution < -0.4 is 5.63 Å². The van der Waals surface area contributed by atoms with Crippen molar-refractivity contribution in [2.75, 3.05) is 0 Å². The number of esters is 1. The van der Waals surface area contributed by atoms with Crippen molar-refractivity contribution in [2.45, 2.75) is 20.5 Å². The molecular formula is C18H14O5S. The van der Waals surface area contributed by atoms with Crippen LogP contribution in [0.15, 0.2) is 45.6 Å². The Morgan fingerprint density at radius 2 is 1.88 bits per heavy atom. The lowest BCUT2D eigenvalue weighted by Gasteiger charge is -2.07. The van der Waals surface area contributed by atoms with E-state index in [1.165, 1.54) is 13.0 Å². The lowest BCUT2D eigenvalue weighted by Crippen LogP contribution is -2.07. The standard InChI is InChI=1S/C18H14O5S/c1-10-3-4-13-12(8-17(20)23-14(13)7-10)9-22-18(21)16-6-5-15(24-16)11(2)19/h3-8H,9H2,1-2H3. The molecule has 3 aromatic rings. The van der Waals surface area contributed by atoms with Crippen molar-refractivity contribution >= 4 is 34.1 Å². The Balaban J connectivity index is 1.83. The SMILES string of the molecule is CC(=O)c1ccc(C(=O)OCc2cc(=O)oc3cc(C)ccc23)s1. The second-order valence-electron chi connectivity index (χ2n) is 5.39. The number of carbonyl (C=O) groups is 2. The van der Waals surface area contributed by atoms with Crippen molar-refractivity contribution in [1.29, 1.82) is 0 Å². The zero-order chi connectivity index (χ0) is 17.3. The third-order valence-electron chi connectivity index (χ3n) is 3.50. The molecule has 0 spiro atoms. The average molecular weight is 342 g/mol. The molecule has 24 heavy (non-hydrogen) atoms. The lowest BCUT2D eigenvalue weighted by atomic mass is 10.1. The van der Waals surface area contributed by atoms with Gasteiger partial charge in [-0.05, 0) is 37.6 Å². The number of ketones is 1. The van der Waals surface area contributed by atoms with E-state index in [1.807, 2.05) is 19.1 Å². The van der Waals surface area contributed by atoms with Crippen LogP contribution in [0.25, 0.3) is 11.0 Å². The minimum atomic E-state index is -0.527. The number of thiophene rings is 1. The number of aryl methyl sites for hydroxylation is 1. The van der Waals surface area contributed by atoms with E-state index in [4.69, 9.17) is 9.15 Å². The fraction of sp³-hybridized carbons (Fsp3) is 0.167. The largest absolute Gasteiger partial charge is 0.457 e. The smallest absolute Gasteiger partial charge is 0.348 e. The summed E-state index contributed by atoms with van der Waals surface area (Å²) in [7, 11) is 0. The Morgan fingerprint density at radius 3 is 2.58 bits per heavy atom. The van der Waals surface area contributed by atoms with Crippen LogP contribution in [0, 0.1) is 6.92 Å². The van der Waals surface area contributed by atoms with Gasteiger partial charge in [-0.3, -0.25) is 4.79 Å². The Morgan fingerprint density at radius 1 is 1.12 bits per heavy atom. The molecule has 0 saturated heterocycles. The van der Waals surface area contributed by atoms with Gasteiger partial charge in [0, 0.05) is 17.0 Å². The third-order valence-corrected chi connectivity index (χ3v) is 4.66. The van der Waals surface area contributed by atoms with Crippen molar-refractivity contribution in [3.05, 3.63) is 67.7 Å². The zero-order valence-electron chi connectivity index (χ0n) is 13.1. The third kappa shape index (κ3) is 3.28. The summed E-state index contributed by atoms with van der Waals surface area (Å²) in [6, 6.07) is 9.96. The molecule has 5 nitrogen and oxygen atoms in total. The minimum absolute atomic E-state index is 0.0443. The fourth-order valence-corrected chi connectivity index (χ4v) is 3.10. The highest BCUT2D eigenvalue weighted by Crippen LogP contribution is 2.21. The molecular weight excluding hydrogens is 328 g/mol. The quantitative estimate of drug-likeness (QED) is 0.410. The number of benzene rings is 1. The normalized spacial score (nSPS) is 10.8. The summed E-state index contributed by atoms with van der Waals surface area (Å²) >= 11 is 1.09. The Hall–Kier alpha value is -2.73. The van der Waals surface area contributed by atoms with Crippen molar-refractivity contribution in [3.63, 3.8) is 0 Å². The van der Waals surface area contributed by atoms with Crippen LogP contribution in [-0.2, 0) is 11.3 Å². The van der Waals surface area contributed by atoms with Gasteiger partial charge >= 0.3 is 11.6 Å². The van der Waals surface area contributed by atoms with Crippen molar-refractivity contribution in [2.24, 2.45) is 0 Å². The zero-order valence-corrected chi connectivity index (χ0v) is 13.9. The summed E-state index contributed by atoms with van der Waals surface area (Å²) in [6.45, 7) is 3.30. The summed E-state index contributed by atoms with van der Waals surface area (Å²) < 4.78 is 10.5. The number of hydrogen-bond acceptors (Lipinski definition) is 6. The van der Waals surface area contributed by atoms with Gasteiger partial charge in [0.15, 0.2) is 5.78 Å². The van der Waals surface area contributed by atoms with Gasteiger partial charge in [-0.1, -0.05) is 12.1 Å². The van der Waals surface area contributed by atoms with Gasteiger partial charge in [-0.2, -0.15) is 0 Å². The number of carbonyl (C=O) groups excluding carboxylic acids is 2. The second-order valence-corrected chi connectivity index (χ2v) is 6.47. The monoisotopic (exact) mass is 342 g/mol. The van der Waals surface area contributed by atoms with Crippen molar-refractivity contribution in [3.8, 4) is 0 Å². The topological polar surface area (TPSA) is 73.6 Å². The highest BCUT2D eigenvalue weighted by atomic mass is 32.1. The van der Waals surface area contributed by atoms with Crippen LogP contribution in [0.1, 0.15) is 37.4 Å². The molecule has 122 valence electrons. The predicted molar refractivity (Wildman–Crippen MR) is 90.7 cm³/mol. The van der Waals surface area contributed by atoms with E-state index >= 15 is 0 Å². The van der Waals surface area contributed by atoms with E-state index in [2.05, 4.69) is 0 Å². The van der Waals surface area contributed by atoms with Gasteiger partial charge in [0.2, 0.25) is 0 Å². The number of Topliss-reactive ketones (excluding diaryl/α,β-unsaturated/α-hetero) is 1. The summed E-state index contributed by atoms with van der Waals surface area (Å²) in [6.07, 6.45) is 0. The maximum absolute atomic E-state index is 12.1. The average Bonchev–Trinajstić information content (AvgIpc) is 3.02. The summed E-state index contributed by atoms with van der Waals surface area (Å²) in [4.78, 5) is 35.9. The molecule has 0 fully saturated rings. The summed E-state index contributed by atoms with van der Waals surface area (Å²) in [5, 5.41) is 0.726. The summed E-state index contributed by atoms with van der Waals surface area (Å²) in [5.74, 6) is -0.623. The molecule has 0 amide bonds. The highest BCUT2D eigenvalue weighted by Gasteiger charge is 2.14. The first-order valence-electron chi connectivity index (χ1n) is 7.25. The molecule has 2 heterocycles. The molecule has 0 aliphatic heterocycles. The van der Waals surface area contributed by atoms with Gasteiger partial charge in [0.05, 0.1) is 4.88 Å². The Bertz CT molecular complexity index is 996. The molecule has 0 aliphatic carbocycles. The van der Waals surface area contributed by atoms with E-state index in [-0.39, 0.29) is 12.4 Å². The molecule has 0 unspecified atom stereocenters. The van der Waals surface area contributed by atoms with Gasteiger partial charge in [-0.15, -0.1) is 11.3 Å². The number of rotatable bonds is 4. The van der Waals surface area contributed by atoms with Gasteiger partial charge in [-0.25, -0.2) is 9.59 Å². The fourth-order valence-electron chi connectivity index (χ4n) is 2.31. The first-order chi connectivity index (χ1) is 11.4. The van der Waals surface area contributed by atoms with Crippen LogP contribution in [0.2, 0.25) is 0 Å². The number of fused-ring (bicyclic) bond motifs is 1. The van der Waals surface area contributed by atoms with Gasteiger partial charge in [0.1, 0.15) is 17.1 Å². The molecule has 1 aromatic carbocycles. The lowest BCUT2D eigenvalue weighted by molar-refractivity contribution is 0.0479. The van der Waals surface area contributed by atoms with Crippen LogP contribution in [-0.4, -0.2) is 11.8 Å². The predicted octanol–water partition coefficient (Wildman–Crippen LogP) is 3.72. The maximum atomic E-state index is 12.1. The van der Waals surface area contributed by atoms with E-state index in [1.54, 1.807) is 18.2 Å².